The average molecular weight is 278 g/mol. The Labute approximate surface area is 115 Å². The quantitative estimate of drug-likeness (QED) is 0.789. The Balaban J connectivity index is 2.06. The van der Waals surface area contributed by atoms with E-state index in [0.29, 0.717) is 18.5 Å². The molecule has 2 atom stereocenters. The van der Waals surface area contributed by atoms with Crippen molar-refractivity contribution < 1.29 is 19.1 Å². The van der Waals surface area contributed by atoms with E-state index in [0.717, 1.165) is 4.90 Å². The molecule has 3 rings (SSSR count). The summed E-state index contributed by atoms with van der Waals surface area (Å²) in [6, 6.07) is 1.80. The predicted octanol–water partition coefficient (Wildman–Crippen LogP) is 1.34. The third-order valence-corrected chi connectivity index (χ3v) is 4.07. The molecule has 0 spiro atoms. The second-order valence-electron chi connectivity index (χ2n) is 5.29. The molecule has 106 valence electrons. The summed E-state index contributed by atoms with van der Waals surface area (Å²) in [5, 5.41) is 9.80. The van der Waals surface area contributed by atoms with Crippen molar-refractivity contribution in [3.63, 3.8) is 0 Å². The number of aryl methyl sites for hydroxylation is 1. The van der Waals surface area contributed by atoms with Crippen LogP contribution in [0.1, 0.15) is 17.5 Å². The van der Waals surface area contributed by atoms with E-state index in [9.17, 15) is 19.1 Å². The first-order valence-electron chi connectivity index (χ1n) is 6.52. The maximum Gasteiger partial charge on any atom is 0.332 e. The highest BCUT2D eigenvalue weighted by molar-refractivity contribution is 6.22. The number of anilines is 1. The van der Waals surface area contributed by atoms with E-state index in [1.165, 1.54) is 17.9 Å². The lowest BCUT2D eigenvalue weighted by Gasteiger charge is -2.18. The van der Waals surface area contributed by atoms with Crippen LogP contribution in [-0.4, -0.2) is 40.6 Å². The smallest absolute Gasteiger partial charge is 0.332 e. The Morgan fingerprint density at radius 3 is 2.65 bits per heavy atom. The molecule has 2 heterocycles. The van der Waals surface area contributed by atoms with Crippen molar-refractivity contribution in [3.05, 3.63) is 29.1 Å². The summed E-state index contributed by atoms with van der Waals surface area (Å²) in [5.41, 5.74) is 0.984. The first-order chi connectivity index (χ1) is 9.43. The van der Waals surface area contributed by atoms with Gasteiger partial charge in [0.2, 0.25) is 0 Å². The molecule has 0 bridgehead atoms. The zero-order valence-corrected chi connectivity index (χ0v) is 11.3. The van der Waals surface area contributed by atoms with E-state index in [1.807, 2.05) is 0 Å². The topological polar surface area (TPSA) is 60.9 Å². The summed E-state index contributed by atoms with van der Waals surface area (Å²) in [4.78, 5) is 27.0. The van der Waals surface area contributed by atoms with Crippen molar-refractivity contribution in [2.75, 3.05) is 11.4 Å². The van der Waals surface area contributed by atoms with E-state index in [-0.39, 0.29) is 11.3 Å². The largest absolute Gasteiger partial charge is 0.390 e. The second-order valence-corrected chi connectivity index (χ2v) is 5.29. The van der Waals surface area contributed by atoms with Crippen LogP contribution in [0.2, 0.25) is 0 Å². The molecule has 3 amide bonds. The monoisotopic (exact) mass is 278 g/mol. The molecular formula is C14H15FN2O3. The molecule has 0 radical (unpaired) electrons. The number of fused-ring (bicyclic) bond motifs is 1. The fourth-order valence-electron chi connectivity index (χ4n) is 2.92. The van der Waals surface area contributed by atoms with Gasteiger partial charge < -0.3 is 10.0 Å². The van der Waals surface area contributed by atoms with E-state index in [1.54, 1.807) is 13.0 Å². The number of benzene rings is 1. The van der Waals surface area contributed by atoms with E-state index in [2.05, 4.69) is 0 Å². The first-order valence-corrected chi connectivity index (χ1v) is 6.52. The molecule has 0 unspecified atom stereocenters. The number of rotatable bonds is 1. The number of urea groups is 1. The normalized spacial score (nSPS) is 25.6. The Kier molecular flexibility index (Phi) is 2.79. The number of carbonyl (C=O) groups excluding carboxylic acids is 2. The highest BCUT2D eigenvalue weighted by Gasteiger charge is 2.52. The highest BCUT2D eigenvalue weighted by Crippen LogP contribution is 2.34. The Morgan fingerprint density at radius 1 is 1.30 bits per heavy atom. The van der Waals surface area contributed by atoms with Crippen LogP contribution < -0.4 is 4.90 Å². The molecule has 5 nitrogen and oxygen atoms in total. The molecule has 2 aliphatic heterocycles. The third-order valence-electron chi connectivity index (χ3n) is 4.07. The van der Waals surface area contributed by atoms with Crippen molar-refractivity contribution in [1.82, 2.24) is 4.90 Å². The summed E-state index contributed by atoms with van der Waals surface area (Å²) in [5.74, 6) is -0.901. The molecule has 2 saturated heterocycles. The van der Waals surface area contributed by atoms with Gasteiger partial charge in [-0.3, -0.25) is 4.79 Å². The van der Waals surface area contributed by atoms with Crippen molar-refractivity contribution in [2.24, 2.45) is 0 Å². The van der Waals surface area contributed by atoms with Crippen LogP contribution >= 0.6 is 0 Å². The van der Waals surface area contributed by atoms with Crippen LogP contribution in [-0.2, 0) is 4.79 Å². The van der Waals surface area contributed by atoms with Gasteiger partial charge in [-0.05, 0) is 31.9 Å². The lowest BCUT2D eigenvalue weighted by molar-refractivity contribution is -0.121. The third kappa shape index (κ3) is 1.57. The molecule has 20 heavy (non-hydrogen) atoms. The number of hydrogen-bond acceptors (Lipinski definition) is 3. The number of halogens is 1. The van der Waals surface area contributed by atoms with Crippen LogP contribution in [0.15, 0.2) is 12.1 Å². The molecule has 6 heteroatoms. The minimum absolute atomic E-state index is 0.254. The van der Waals surface area contributed by atoms with Crippen LogP contribution in [0.3, 0.4) is 0 Å². The summed E-state index contributed by atoms with van der Waals surface area (Å²) in [6.45, 7) is 3.51. The molecule has 1 N–H and O–H groups in total. The molecule has 2 aliphatic rings. The van der Waals surface area contributed by atoms with Gasteiger partial charge in [-0.1, -0.05) is 6.07 Å². The number of imide groups is 1. The Morgan fingerprint density at radius 2 is 2.00 bits per heavy atom. The summed E-state index contributed by atoms with van der Waals surface area (Å²) >= 11 is 0. The number of aliphatic hydroxyl groups is 1. The Bertz CT molecular complexity index is 617. The van der Waals surface area contributed by atoms with Crippen LogP contribution in [0.5, 0.6) is 0 Å². The van der Waals surface area contributed by atoms with Gasteiger partial charge in [0.05, 0.1) is 11.8 Å². The lowest BCUT2D eigenvalue weighted by Crippen LogP contribution is -2.36. The van der Waals surface area contributed by atoms with Gasteiger partial charge in [-0.25, -0.2) is 14.1 Å². The van der Waals surface area contributed by atoms with E-state index >= 15 is 0 Å². The van der Waals surface area contributed by atoms with E-state index < -0.39 is 29.9 Å². The van der Waals surface area contributed by atoms with Gasteiger partial charge >= 0.3 is 6.03 Å². The van der Waals surface area contributed by atoms with Crippen molar-refractivity contribution in [1.29, 1.82) is 0 Å². The summed E-state index contributed by atoms with van der Waals surface area (Å²) in [7, 11) is 0. The van der Waals surface area contributed by atoms with Crippen molar-refractivity contribution in [3.8, 4) is 0 Å². The minimum atomic E-state index is -0.841. The first kappa shape index (κ1) is 13.1. The summed E-state index contributed by atoms with van der Waals surface area (Å²) < 4.78 is 14.0. The fourth-order valence-corrected chi connectivity index (χ4v) is 2.92. The van der Waals surface area contributed by atoms with Gasteiger partial charge in [0.15, 0.2) is 0 Å². The van der Waals surface area contributed by atoms with Crippen LogP contribution in [0.25, 0.3) is 0 Å². The minimum Gasteiger partial charge on any atom is -0.390 e. The molecule has 2 fully saturated rings. The number of carbonyl (C=O) groups is 2. The van der Waals surface area contributed by atoms with Crippen molar-refractivity contribution >= 4 is 17.6 Å². The standard InChI is InChI=1S/C14H15FN2O3/c1-7-3-4-9(8(2)11(7)15)17-13(19)12-10(18)5-6-16(12)14(17)20/h3-4,10,12,18H,5-6H2,1-2H3/t10-,12+/m1/s1. The predicted molar refractivity (Wildman–Crippen MR) is 69.9 cm³/mol. The van der Waals surface area contributed by atoms with Crippen molar-refractivity contribution in [2.45, 2.75) is 32.4 Å². The lowest BCUT2D eigenvalue weighted by atomic mass is 10.1. The van der Waals surface area contributed by atoms with Gasteiger partial charge in [0.1, 0.15) is 11.9 Å². The van der Waals surface area contributed by atoms with Gasteiger partial charge in [-0.2, -0.15) is 0 Å². The highest BCUT2D eigenvalue weighted by atomic mass is 19.1. The molecule has 0 aliphatic carbocycles. The average Bonchev–Trinajstić information content (AvgIpc) is 2.90. The zero-order valence-electron chi connectivity index (χ0n) is 11.3. The maximum atomic E-state index is 14.0. The molecule has 1 aromatic rings. The molecular weight excluding hydrogens is 263 g/mol. The van der Waals surface area contributed by atoms with Crippen LogP contribution in [0, 0.1) is 19.7 Å². The number of nitrogens with zero attached hydrogens (tertiary/aromatic N) is 2. The number of aliphatic hydroxyl groups excluding tert-OH is 1. The zero-order chi connectivity index (χ0) is 14.6. The molecule has 1 aromatic carbocycles. The SMILES string of the molecule is Cc1ccc(N2C(=O)[C@@H]3[C@H](O)CCN3C2=O)c(C)c1F. The second kappa shape index (κ2) is 4.28. The molecule has 0 saturated carbocycles. The maximum absolute atomic E-state index is 14.0. The van der Waals surface area contributed by atoms with Gasteiger partial charge in [-0.15, -0.1) is 0 Å². The van der Waals surface area contributed by atoms with Gasteiger partial charge in [0.25, 0.3) is 5.91 Å². The number of hydrogen-bond donors (Lipinski definition) is 1. The summed E-state index contributed by atoms with van der Waals surface area (Å²) in [6.07, 6.45) is -0.441. The molecule has 0 aromatic heterocycles. The van der Waals surface area contributed by atoms with E-state index in [4.69, 9.17) is 0 Å². The number of amides is 3. The fraction of sp³-hybridized carbons (Fsp3) is 0.429. The van der Waals surface area contributed by atoms with Gasteiger partial charge in [0, 0.05) is 12.1 Å². The Hall–Kier alpha value is -1.95. The van der Waals surface area contributed by atoms with Crippen LogP contribution in [0.4, 0.5) is 14.9 Å².